The molecule has 4 nitrogen and oxygen atoms in total. The molecule has 1 unspecified atom stereocenters. The predicted molar refractivity (Wildman–Crippen MR) is 114 cm³/mol. The molecule has 0 radical (unpaired) electrons. The molecule has 1 amide bonds. The number of hydrogen-bond acceptors (Lipinski definition) is 4. The van der Waals surface area contributed by atoms with Gasteiger partial charge in [0.2, 0.25) is 5.78 Å². The van der Waals surface area contributed by atoms with E-state index in [2.05, 4.69) is 0 Å². The van der Waals surface area contributed by atoms with Crippen LogP contribution in [0.2, 0.25) is 5.02 Å². The number of hydrogen-bond donors (Lipinski definition) is 1. The number of thiophene rings is 1. The van der Waals surface area contributed by atoms with E-state index in [0.717, 1.165) is 5.56 Å². The summed E-state index contributed by atoms with van der Waals surface area (Å²) in [5.41, 5.74) is 1.58. The number of amides is 1. The lowest BCUT2D eigenvalue weighted by Crippen LogP contribution is -2.33. The van der Waals surface area contributed by atoms with Gasteiger partial charge in [0, 0.05) is 11.6 Å². The highest BCUT2D eigenvalue weighted by Gasteiger charge is 2.43. The monoisotopic (exact) mass is 441 g/mol. The van der Waals surface area contributed by atoms with E-state index in [0.29, 0.717) is 21.9 Å². The van der Waals surface area contributed by atoms with Crippen LogP contribution in [0.5, 0.6) is 0 Å². The zero-order valence-electron chi connectivity index (χ0n) is 15.7. The number of carbonyl (C=O) groups is 2. The van der Waals surface area contributed by atoms with Crippen molar-refractivity contribution in [3.8, 4) is 0 Å². The van der Waals surface area contributed by atoms with Crippen molar-refractivity contribution in [1.82, 2.24) is 4.90 Å². The van der Waals surface area contributed by atoms with E-state index in [9.17, 15) is 19.1 Å². The van der Waals surface area contributed by atoms with Crippen molar-refractivity contribution in [2.75, 3.05) is 6.54 Å². The SMILES string of the molecule is O=C(C1=C(O)C(=O)N(CCc2ccc(F)cc2)C1c1ccc(Cl)cc1)c1cccs1. The van der Waals surface area contributed by atoms with Crippen LogP contribution in [0.1, 0.15) is 26.8 Å². The van der Waals surface area contributed by atoms with E-state index in [1.54, 1.807) is 53.9 Å². The van der Waals surface area contributed by atoms with E-state index in [1.165, 1.54) is 28.4 Å². The van der Waals surface area contributed by atoms with Gasteiger partial charge in [-0.2, -0.15) is 0 Å². The summed E-state index contributed by atoms with van der Waals surface area (Å²) in [6.45, 7) is 0.253. The Balaban J connectivity index is 1.69. The summed E-state index contributed by atoms with van der Waals surface area (Å²) < 4.78 is 13.2. The topological polar surface area (TPSA) is 57.6 Å². The molecule has 1 aliphatic heterocycles. The van der Waals surface area contributed by atoms with Gasteiger partial charge < -0.3 is 10.0 Å². The van der Waals surface area contributed by atoms with Crippen LogP contribution in [0, 0.1) is 5.82 Å². The van der Waals surface area contributed by atoms with Crippen LogP contribution in [0.25, 0.3) is 0 Å². The third-order valence-corrected chi connectivity index (χ3v) is 6.15. The standard InChI is InChI=1S/C23H17ClFNO3S/c24-16-7-5-15(6-8-16)20-19(21(27)18-2-1-13-30-18)22(28)23(29)26(20)12-11-14-3-9-17(25)10-4-14/h1-10,13,20,28H,11-12H2. The number of ketones is 1. The third kappa shape index (κ3) is 3.88. The number of carbonyl (C=O) groups excluding carboxylic acids is 2. The summed E-state index contributed by atoms with van der Waals surface area (Å²) in [6.07, 6.45) is 0.448. The van der Waals surface area contributed by atoms with E-state index >= 15 is 0 Å². The third-order valence-electron chi connectivity index (χ3n) is 5.03. The molecule has 2 aromatic carbocycles. The molecule has 3 aromatic rings. The zero-order valence-corrected chi connectivity index (χ0v) is 17.3. The Kier molecular flexibility index (Phi) is 5.70. The second kappa shape index (κ2) is 8.42. The minimum atomic E-state index is -0.732. The molecule has 1 aliphatic rings. The van der Waals surface area contributed by atoms with Crippen LogP contribution in [0.3, 0.4) is 0 Å². The average Bonchev–Trinajstić information content (AvgIpc) is 3.36. The molecule has 0 bridgehead atoms. The lowest BCUT2D eigenvalue weighted by molar-refractivity contribution is -0.129. The minimum Gasteiger partial charge on any atom is -0.503 e. The molecule has 1 atom stereocenters. The van der Waals surface area contributed by atoms with Gasteiger partial charge in [0.25, 0.3) is 5.91 Å². The first kappa shape index (κ1) is 20.3. The van der Waals surface area contributed by atoms with Gasteiger partial charge in [0.05, 0.1) is 16.5 Å². The van der Waals surface area contributed by atoms with Crippen molar-refractivity contribution in [3.63, 3.8) is 0 Å². The second-order valence-electron chi connectivity index (χ2n) is 6.90. The fourth-order valence-electron chi connectivity index (χ4n) is 3.55. The maximum atomic E-state index is 13.2. The molecule has 1 N–H and O–H groups in total. The van der Waals surface area contributed by atoms with Crippen LogP contribution < -0.4 is 0 Å². The molecule has 0 aliphatic carbocycles. The minimum absolute atomic E-state index is 0.0591. The highest BCUT2D eigenvalue weighted by atomic mass is 35.5. The fourth-order valence-corrected chi connectivity index (χ4v) is 4.35. The van der Waals surface area contributed by atoms with Gasteiger partial charge in [0.1, 0.15) is 5.82 Å². The summed E-state index contributed by atoms with van der Waals surface area (Å²) in [5.74, 6) is -1.84. The van der Waals surface area contributed by atoms with Crippen LogP contribution in [0.4, 0.5) is 4.39 Å². The number of aliphatic hydroxyl groups excluding tert-OH is 1. The summed E-state index contributed by atoms with van der Waals surface area (Å²) in [4.78, 5) is 27.9. The molecular formula is C23H17ClFNO3S. The Hall–Kier alpha value is -2.96. The van der Waals surface area contributed by atoms with E-state index < -0.39 is 17.7 Å². The first-order chi connectivity index (χ1) is 14.5. The highest BCUT2D eigenvalue weighted by molar-refractivity contribution is 7.12. The quantitative estimate of drug-likeness (QED) is 0.524. The summed E-state index contributed by atoms with van der Waals surface area (Å²) in [6, 6.07) is 15.5. The van der Waals surface area contributed by atoms with Crippen molar-refractivity contribution in [3.05, 3.63) is 104 Å². The Bertz CT molecular complexity index is 1110. The Morgan fingerprint density at radius 1 is 1.10 bits per heavy atom. The molecule has 0 fully saturated rings. The van der Waals surface area contributed by atoms with Gasteiger partial charge in [-0.25, -0.2) is 4.39 Å². The van der Waals surface area contributed by atoms with Crippen LogP contribution in [0.15, 0.2) is 77.4 Å². The lowest BCUT2D eigenvalue weighted by atomic mass is 9.95. The number of aliphatic hydroxyl groups is 1. The summed E-state index contributed by atoms with van der Waals surface area (Å²) in [5, 5.41) is 12.9. The second-order valence-corrected chi connectivity index (χ2v) is 8.28. The van der Waals surface area contributed by atoms with Crippen molar-refractivity contribution >= 4 is 34.6 Å². The van der Waals surface area contributed by atoms with Crippen molar-refractivity contribution in [1.29, 1.82) is 0 Å². The number of benzene rings is 2. The van der Waals surface area contributed by atoms with Gasteiger partial charge in [-0.15, -0.1) is 11.3 Å². The van der Waals surface area contributed by atoms with Gasteiger partial charge >= 0.3 is 0 Å². The maximum Gasteiger partial charge on any atom is 0.290 e. The molecule has 0 saturated carbocycles. The van der Waals surface area contributed by atoms with Crippen LogP contribution in [-0.4, -0.2) is 28.2 Å². The molecular weight excluding hydrogens is 425 g/mol. The average molecular weight is 442 g/mol. The molecule has 30 heavy (non-hydrogen) atoms. The molecule has 0 spiro atoms. The van der Waals surface area contributed by atoms with Gasteiger partial charge in [-0.3, -0.25) is 9.59 Å². The molecule has 1 aromatic heterocycles. The first-order valence-corrected chi connectivity index (χ1v) is 10.5. The Labute approximate surface area is 181 Å². The molecule has 2 heterocycles. The Morgan fingerprint density at radius 3 is 2.43 bits per heavy atom. The van der Waals surface area contributed by atoms with Gasteiger partial charge in [-0.1, -0.05) is 41.9 Å². The summed E-state index contributed by atoms with van der Waals surface area (Å²) >= 11 is 7.26. The van der Waals surface area contributed by atoms with Crippen molar-refractivity contribution < 1.29 is 19.1 Å². The van der Waals surface area contributed by atoms with E-state index in [-0.39, 0.29) is 23.7 Å². The molecule has 4 rings (SSSR count). The Morgan fingerprint density at radius 2 is 1.80 bits per heavy atom. The predicted octanol–water partition coefficient (Wildman–Crippen LogP) is 5.36. The van der Waals surface area contributed by atoms with Crippen molar-refractivity contribution in [2.24, 2.45) is 0 Å². The van der Waals surface area contributed by atoms with Gasteiger partial charge in [-0.05, 0) is 53.3 Å². The maximum absolute atomic E-state index is 13.2. The molecule has 0 saturated heterocycles. The van der Waals surface area contributed by atoms with E-state index in [4.69, 9.17) is 11.6 Å². The zero-order chi connectivity index (χ0) is 21.3. The van der Waals surface area contributed by atoms with Gasteiger partial charge in [0.15, 0.2) is 5.76 Å². The number of Topliss-reactive ketones (excluding diaryl/α,β-unsaturated/α-hetero) is 1. The smallest absolute Gasteiger partial charge is 0.290 e. The first-order valence-electron chi connectivity index (χ1n) is 9.28. The normalized spacial score (nSPS) is 16.4. The number of rotatable bonds is 6. The van der Waals surface area contributed by atoms with E-state index in [1.807, 2.05) is 0 Å². The molecule has 7 heteroatoms. The molecule has 152 valence electrons. The van der Waals surface area contributed by atoms with Crippen LogP contribution >= 0.6 is 22.9 Å². The number of halogens is 2. The fraction of sp³-hybridized carbons (Fsp3) is 0.130. The van der Waals surface area contributed by atoms with Crippen molar-refractivity contribution in [2.45, 2.75) is 12.5 Å². The summed E-state index contributed by atoms with van der Waals surface area (Å²) in [7, 11) is 0. The van der Waals surface area contributed by atoms with Crippen LogP contribution in [-0.2, 0) is 11.2 Å². The highest BCUT2D eigenvalue weighted by Crippen LogP contribution is 2.39. The number of nitrogens with zero attached hydrogens (tertiary/aromatic N) is 1. The largest absolute Gasteiger partial charge is 0.503 e. The lowest BCUT2D eigenvalue weighted by Gasteiger charge is -2.27.